The summed E-state index contributed by atoms with van der Waals surface area (Å²) in [7, 11) is 0. The lowest BCUT2D eigenvalue weighted by Gasteiger charge is -2.15. The number of hydrogen-bond acceptors (Lipinski definition) is 6. The van der Waals surface area contributed by atoms with Crippen molar-refractivity contribution < 1.29 is 9.90 Å². The Bertz CT molecular complexity index is 1360. The minimum Gasteiger partial charge on any atom is -0.509 e. The van der Waals surface area contributed by atoms with Gasteiger partial charge >= 0.3 is 0 Å². The first kappa shape index (κ1) is 19.8. The number of amidine groups is 1. The molecular formula is C25H18N4O2S. The number of para-hydroxylation sites is 1. The molecule has 1 aliphatic rings. The van der Waals surface area contributed by atoms with Crippen molar-refractivity contribution in [1.29, 1.82) is 5.41 Å². The van der Waals surface area contributed by atoms with E-state index in [1.54, 1.807) is 36.4 Å². The second-order valence-corrected chi connectivity index (χ2v) is 8.26. The smallest absolute Gasteiger partial charge is 0.213 e. The second kappa shape index (κ2) is 8.20. The molecule has 0 spiro atoms. The first-order valence-electron chi connectivity index (χ1n) is 10.00. The summed E-state index contributed by atoms with van der Waals surface area (Å²) in [5.74, 6) is -0.231. The van der Waals surface area contributed by atoms with E-state index in [4.69, 9.17) is 5.41 Å². The Morgan fingerprint density at radius 1 is 0.938 bits per heavy atom. The molecular weight excluding hydrogens is 420 g/mol. The molecule has 0 saturated carbocycles. The van der Waals surface area contributed by atoms with E-state index >= 15 is 0 Å². The number of hydrogen-bond donors (Lipinski definition) is 2. The molecule has 0 atom stereocenters. The van der Waals surface area contributed by atoms with Crippen molar-refractivity contribution in [2.24, 2.45) is 5.10 Å². The maximum Gasteiger partial charge on any atom is 0.213 e. The molecule has 1 aromatic heterocycles. The van der Waals surface area contributed by atoms with E-state index in [0.29, 0.717) is 21.7 Å². The van der Waals surface area contributed by atoms with Gasteiger partial charge in [0, 0.05) is 11.1 Å². The Labute approximate surface area is 188 Å². The maximum atomic E-state index is 13.3. The predicted octanol–water partition coefficient (Wildman–Crippen LogP) is 5.15. The molecule has 1 aliphatic heterocycles. The number of carbonyl (C=O) groups is 1. The molecule has 156 valence electrons. The maximum absolute atomic E-state index is 13.3. The number of ketones is 1. The number of nitrogens with zero attached hydrogens (tertiary/aromatic N) is 3. The number of carbonyl (C=O) groups excluding carboxylic acids is 1. The molecule has 0 amide bonds. The average molecular weight is 439 g/mol. The van der Waals surface area contributed by atoms with Crippen LogP contribution >= 0.6 is 11.3 Å². The summed E-state index contributed by atoms with van der Waals surface area (Å²) in [6.45, 7) is 0.00248. The molecule has 0 saturated heterocycles. The molecule has 32 heavy (non-hydrogen) atoms. The zero-order valence-electron chi connectivity index (χ0n) is 16.9. The number of aromatic nitrogens is 1. The van der Waals surface area contributed by atoms with E-state index in [2.05, 4.69) is 10.1 Å². The third-order valence-corrected chi connectivity index (χ3v) is 6.16. The average Bonchev–Trinajstić information content (AvgIpc) is 3.37. The van der Waals surface area contributed by atoms with Crippen LogP contribution in [0.3, 0.4) is 0 Å². The number of nitrogens with one attached hydrogen (secondary N) is 1. The Morgan fingerprint density at radius 3 is 2.25 bits per heavy atom. The summed E-state index contributed by atoms with van der Waals surface area (Å²) in [6, 6.07) is 25.7. The monoisotopic (exact) mass is 438 g/mol. The predicted molar refractivity (Wildman–Crippen MR) is 127 cm³/mol. The lowest BCUT2D eigenvalue weighted by atomic mass is 10.0. The van der Waals surface area contributed by atoms with Crippen LogP contribution in [0, 0.1) is 5.41 Å². The van der Waals surface area contributed by atoms with Gasteiger partial charge in [0.1, 0.15) is 23.0 Å². The largest absolute Gasteiger partial charge is 0.509 e. The van der Waals surface area contributed by atoms with Crippen LogP contribution in [0.15, 0.2) is 95.8 Å². The molecule has 5 rings (SSSR count). The highest BCUT2D eigenvalue weighted by atomic mass is 32.1. The van der Waals surface area contributed by atoms with E-state index in [0.717, 1.165) is 10.2 Å². The lowest BCUT2D eigenvalue weighted by molar-refractivity contribution is 0.106. The lowest BCUT2D eigenvalue weighted by Crippen LogP contribution is -2.26. The van der Waals surface area contributed by atoms with E-state index in [1.165, 1.54) is 16.3 Å². The summed E-state index contributed by atoms with van der Waals surface area (Å²) < 4.78 is 0.974. The van der Waals surface area contributed by atoms with Crippen LogP contribution in [0.4, 0.5) is 0 Å². The number of Topliss-reactive ketones (excluding diaryl/α,β-unsaturated/α-hetero) is 1. The molecule has 0 fully saturated rings. The van der Waals surface area contributed by atoms with E-state index < -0.39 is 0 Å². The Balaban J connectivity index is 1.53. The van der Waals surface area contributed by atoms with Gasteiger partial charge in [0.2, 0.25) is 5.78 Å². The van der Waals surface area contributed by atoms with E-state index in [1.807, 2.05) is 48.5 Å². The first-order chi connectivity index (χ1) is 15.6. The van der Waals surface area contributed by atoms with Crippen molar-refractivity contribution in [3.05, 3.63) is 107 Å². The molecule has 0 radical (unpaired) electrons. The minimum atomic E-state index is -0.252. The van der Waals surface area contributed by atoms with Gasteiger partial charge < -0.3 is 5.11 Å². The third-order valence-electron chi connectivity index (χ3n) is 5.11. The van der Waals surface area contributed by atoms with Crippen molar-refractivity contribution in [3.8, 4) is 0 Å². The van der Waals surface area contributed by atoms with E-state index in [9.17, 15) is 9.90 Å². The molecule has 0 aliphatic carbocycles. The highest BCUT2D eigenvalue weighted by molar-refractivity contribution is 7.19. The zero-order chi connectivity index (χ0) is 22.1. The van der Waals surface area contributed by atoms with Gasteiger partial charge in [-0.25, -0.2) is 9.99 Å². The summed E-state index contributed by atoms with van der Waals surface area (Å²) in [4.78, 5) is 17.8. The van der Waals surface area contributed by atoms with Gasteiger partial charge in [-0.05, 0) is 12.1 Å². The van der Waals surface area contributed by atoms with Crippen molar-refractivity contribution in [2.45, 2.75) is 0 Å². The summed E-state index contributed by atoms with van der Waals surface area (Å²) in [5.41, 5.74) is 2.51. The number of aliphatic hydroxyl groups is 1. The van der Waals surface area contributed by atoms with Gasteiger partial charge in [0.05, 0.1) is 15.8 Å². The first-order valence-corrected chi connectivity index (χ1v) is 10.8. The highest BCUT2D eigenvalue weighted by Crippen LogP contribution is 2.33. The molecule has 3 aromatic carbocycles. The fourth-order valence-corrected chi connectivity index (χ4v) is 4.57. The number of aliphatic hydroxyl groups excluding tert-OH is 1. The van der Waals surface area contributed by atoms with Crippen molar-refractivity contribution in [3.63, 3.8) is 0 Å². The molecule has 4 aromatic rings. The molecule has 2 N–H and O–H groups in total. The Hall–Kier alpha value is -4.10. The standard InChI is InChI=1S/C25H18N4O2S/c26-24-21(25-27-18-13-7-8-14-20(18)32-25)19(30)15-29(24)28-22(16-9-3-1-4-10-16)23(31)17-11-5-2-6-12-17/h1-14,26,30H,15H2. The number of thiazole rings is 1. The topological polar surface area (TPSA) is 89.6 Å². The molecule has 7 heteroatoms. The van der Waals surface area contributed by atoms with Gasteiger partial charge in [0.25, 0.3) is 0 Å². The van der Waals surface area contributed by atoms with Crippen LogP contribution in [0.2, 0.25) is 0 Å². The van der Waals surface area contributed by atoms with Gasteiger partial charge in [-0.3, -0.25) is 10.2 Å². The van der Waals surface area contributed by atoms with Crippen LogP contribution in [0.1, 0.15) is 20.9 Å². The summed E-state index contributed by atoms with van der Waals surface area (Å²) >= 11 is 1.41. The van der Waals surface area contributed by atoms with Gasteiger partial charge in [-0.2, -0.15) is 5.10 Å². The highest BCUT2D eigenvalue weighted by Gasteiger charge is 2.32. The number of fused-ring (bicyclic) bond motifs is 1. The van der Waals surface area contributed by atoms with Crippen molar-refractivity contribution >= 4 is 44.5 Å². The molecule has 0 bridgehead atoms. The van der Waals surface area contributed by atoms with Crippen molar-refractivity contribution in [1.82, 2.24) is 9.99 Å². The SMILES string of the molecule is N=C1C(c2nc3ccccc3s2)=C(O)CN1N=C(C(=O)c1ccccc1)c1ccccc1. The molecule has 2 heterocycles. The third kappa shape index (κ3) is 3.59. The van der Waals surface area contributed by atoms with E-state index in [-0.39, 0.29) is 29.6 Å². The minimum absolute atomic E-state index is 0.00248. The Kier molecular flexibility index (Phi) is 5.09. The Morgan fingerprint density at radius 2 is 1.56 bits per heavy atom. The number of hydrazone groups is 1. The van der Waals surface area contributed by atoms with Gasteiger partial charge in [0.15, 0.2) is 5.84 Å². The zero-order valence-corrected chi connectivity index (χ0v) is 17.7. The summed E-state index contributed by atoms with van der Waals surface area (Å²) in [5, 5.41) is 25.8. The van der Waals surface area contributed by atoms with Gasteiger partial charge in [-0.1, -0.05) is 72.8 Å². The van der Waals surface area contributed by atoms with Crippen LogP contribution in [0.25, 0.3) is 15.8 Å². The van der Waals surface area contributed by atoms with Crippen LogP contribution in [0.5, 0.6) is 0 Å². The fourth-order valence-electron chi connectivity index (χ4n) is 3.53. The number of benzene rings is 3. The van der Waals surface area contributed by atoms with Crippen LogP contribution in [-0.4, -0.2) is 39.0 Å². The molecule has 6 nitrogen and oxygen atoms in total. The van der Waals surface area contributed by atoms with Crippen molar-refractivity contribution in [2.75, 3.05) is 6.54 Å². The van der Waals surface area contributed by atoms with Gasteiger partial charge in [-0.15, -0.1) is 11.3 Å². The fraction of sp³-hybridized carbons (Fsp3) is 0.0400. The number of rotatable bonds is 5. The molecule has 0 unspecified atom stereocenters. The second-order valence-electron chi connectivity index (χ2n) is 7.22. The van der Waals surface area contributed by atoms with Crippen LogP contribution in [-0.2, 0) is 0 Å². The summed E-state index contributed by atoms with van der Waals surface area (Å²) in [6.07, 6.45) is 0. The normalized spacial score (nSPS) is 14.4. The van der Waals surface area contributed by atoms with Crippen LogP contribution < -0.4 is 0 Å². The quantitative estimate of drug-likeness (QED) is 0.333.